The number of hydrogen-bond acceptors (Lipinski definition) is 7. The summed E-state index contributed by atoms with van der Waals surface area (Å²) in [7, 11) is 0. The van der Waals surface area contributed by atoms with E-state index in [1.54, 1.807) is 18.8 Å². The van der Waals surface area contributed by atoms with Gasteiger partial charge >= 0.3 is 0 Å². The molecule has 36 heavy (non-hydrogen) atoms. The number of aliphatic imine (C=N–C) groups is 2. The van der Waals surface area contributed by atoms with E-state index in [-0.39, 0.29) is 16.5 Å². The fourth-order valence-electron chi connectivity index (χ4n) is 3.00. The van der Waals surface area contributed by atoms with Crippen molar-refractivity contribution in [3.8, 4) is 0 Å². The Morgan fingerprint density at radius 2 is 2.14 bits per heavy atom. The molecule has 2 aromatic rings. The lowest BCUT2D eigenvalue weighted by atomic mass is 10.1. The number of nitrogens with zero attached hydrogens (tertiary/aromatic N) is 5. The quantitative estimate of drug-likeness (QED) is 0.247. The molecule has 2 N–H and O–H groups in total. The summed E-state index contributed by atoms with van der Waals surface area (Å²) >= 11 is 11.4. The Balaban J connectivity index is 1.70. The summed E-state index contributed by atoms with van der Waals surface area (Å²) < 4.78 is 18.8. The number of carbonyl (C=O) groups excluding carboxylic acids is 1. The van der Waals surface area contributed by atoms with Gasteiger partial charge in [0.15, 0.2) is 0 Å². The Morgan fingerprint density at radius 3 is 2.83 bits per heavy atom. The van der Waals surface area contributed by atoms with Crippen LogP contribution in [0, 0.1) is 5.82 Å². The first kappa shape index (κ1) is 27.1. The molecule has 0 radical (unpaired) electrons. The minimum Gasteiger partial charge on any atom is -0.500 e. The first-order valence-electron chi connectivity index (χ1n) is 11.2. The van der Waals surface area contributed by atoms with Crippen molar-refractivity contribution in [3.63, 3.8) is 0 Å². The average Bonchev–Trinajstić information content (AvgIpc) is 3.08. The van der Waals surface area contributed by atoms with Crippen LogP contribution in [0.2, 0.25) is 5.02 Å². The van der Waals surface area contributed by atoms with Crippen LogP contribution in [0.3, 0.4) is 0 Å². The van der Waals surface area contributed by atoms with Gasteiger partial charge in [0.25, 0.3) is 5.91 Å². The Morgan fingerprint density at radius 1 is 1.36 bits per heavy atom. The van der Waals surface area contributed by atoms with Gasteiger partial charge in [0.2, 0.25) is 5.95 Å². The molecule has 1 aromatic carbocycles. The van der Waals surface area contributed by atoms with Crippen molar-refractivity contribution in [1.82, 2.24) is 20.4 Å². The number of hydrazine groups is 1. The van der Waals surface area contributed by atoms with Crippen molar-refractivity contribution in [2.45, 2.75) is 33.1 Å². The number of hydrogen-bond donors (Lipinski definition) is 2. The van der Waals surface area contributed by atoms with Crippen LogP contribution in [0.15, 0.2) is 64.3 Å². The maximum absolute atomic E-state index is 13.3. The van der Waals surface area contributed by atoms with Crippen LogP contribution >= 0.6 is 23.2 Å². The number of carbonyl (C=O) groups is 1. The van der Waals surface area contributed by atoms with Gasteiger partial charge in [-0.25, -0.2) is 24.3 Å². The first-order chi connectivity index (χ1) is 17.4. The van der Waals surface area contributed by atoms with Crippen LogP contribution in [-0.2, 0) is 4.74 Å². The van der Waals surface area contributed by atoms with Gasteiger partial charge in [-0.15, -0.1) is 11.6 Å². The topological polar surface area (TPSA) is 104 Å². The zero-order valence-corrected chi connectivity index (χ0v) is 21.4. The van der Waals surface area contributed by atoms with Crippen molar-refractivity contribution in [3.05, 3.63) is 70.7 Å². The molecule has 0 atom stereocenters. The third-order valence-corrected chi connectivity index (χ3v) is 5.61. The second kappa shape index (κ2) is 13.6. The minimum atomic E-state index is -0.605. The number of ether oxygens (including phenoxy) is 1. The third-order valence-electron chi connectivity index (χ3n) is 5.06. The van der Waals surface area contributed by atoms with Gasteiger partial charge in [0.1, 0.15) is 29.9 Å². The molecule has 9 nitrogen and oxygen atoms in total. The zero-order chi connectivity index (χ0) is 25.9. The SMILES string of the molecule is CC/C(C)=C1/CC(=Nc2cnc(NC(=O)c3ccc(F)c(Cl)c3)nc2)N=CNN1/C=C/OCCCCl. The summed E-state index contributed by atoms with van der Waals surface area (Å²) in [6.45, 7) is 4.66. The average molecular weight is 534 g/mol. The molecule has 0 spiro atoms. The number of anilines is 1. The summed E-state index contributed by atoms with van der Waals surface area (Å²) in [6, 6.07) is 3.68. The van der Waals surface area contributed by atoms with Gasteiger partial charge in [-0.1, -0.05) is 24.1 Å². The predicted octanol–water partition coefficient (Wildman–Crippen LogP) is 5.59. The second-order valence-electron chi connectivity index (χ2n) is 7.59. The van der Waals surface area contributed by atoms with Crippen LogP contribution in [0.25, 0.3) is 0 Å². The van der Waals surface area contributed by atoms with E-state index in [1.165, 1.54) is 24.5 Å². The van der Waals surface area contributed by atoms with E-state index in [2.05, 4.69) is 37.6 Å². The fraction of sp³-hybridized carbons (Fsp3) is 0.292. The highest BCUT2D eigenvalue weighted by molar-refractivity contribution is 6.31. The number of allylic oxidation sites excluding steroid dienone is 1. The van der Waals surface area contributed by atoms with Crippen molar-refractivity contribution in [2.24, 2.45) is 9.98 Å². The number of alkyl halides is 1. The van der Waals surface area contributed by atoms with E-state index in [9.17, 15) is 9.18 Å². The van der Waals surface area contributed by atoms with Crippen LogP contribution in [0.1, 0.15) is 43.5 Å². The minimum absolute atomic E-state index is 0.0725. The highest BCUT2D eigenvalue weighted by Gasteiger charge is 2.16. The van der Waals surface area contributed by atoms with Crippen molar-refractivity contribution < 1.29 is 13.9 Å². The number of nitrogens with one attached hydrogen (secondary N) is 2. The second-order valence-corrected chi connectivity index (χ2v) is 8.37. The summed E-state index contributed by atoms with van der Waals surface area (Å²) in [5.74, 6) is 0.0443. The smallest absolute Gasteiger partial charge is 0.258 e. The van der Waals surface area contributed by atoms with E-state index >= 15 is 0 Å². The van der Waals surface area contributed by atoms with E-state index < -0.39 is 11.7 Å². The molecule has 0 unspecified atom stereocenters. The van der Waals surface area contributed by atoms with Crippen molar-refractivity contribution in [2.75, 3.05) is 17.8 Å². The van der Waals surface area contributed by atoms with Gasteiger partial charge in [-0.05, 0) is 38.0 Å². The number of amides is 1. The Hall–Kier alpha value is -3.50. The lowest BCUT2D eigenvalue weighted by molar-refractivity contribution is 0.102. The number of halogens is 3. The van der Waals surface area contributed by atoms with Gasteiger partial charge in [-0.2, -0.15) is 0 Å². The first-order valence-corrected chi connectivity index (χ1v) is 12.1. The Labute approximate surface area is 218 Å². The normalized spacial score (nSPS) is 16.1. The third kappa shape index (κ3) is 7.76. The molecule has 0 saturated carbocycles. The molecule has 0 saturated heterocycles. The van der Waals surface area contributed by atoms with Crippen LogP contribution in [0.5, 0.6) is 0 Å². The van der Waals surface area contributed by atoms with Crippen molar-refractivity contribution >= 4 is 52.9 Å². The van der Waals surface area contributed by atoms with Crippen LogP contribution in [-0.4, -0.2) is 45.5 Å². The highest BCUT2D eigenvalue weighted by Crippen LogP contribution is 2.21. The van der Waals surface area contributed by atoms with Gasteiger partial charge in [-0.3, -0.25) is 20.5 Å². The van der Waals surface area contributed by atoms with Gasteiger partial charge in [0.05, 0.1) is 36.6 Å². The largest absolute Gasteiger partial charge is 0.500 e. The number of rotatable bonds is 9. The number of aromatic nitrogens is 2. The molecule has 0 aliphatic carbocycles. The Kier molecular flexibility index (Phi) is 10.2. The number of benzene rings is 1. The summed E-state index contributed by atoms with van der Waals surface area (Å²) in [6.07, 6.45) is 9.95. The molecule has 0 fully saturated rings. The van der Waals surface area contributed by atoms with Gasteiger partial charge < -0.3 is 4.74 Å². The van der Waals surface area contributed by atoms with E-state index in [0.717, 1.165) is 30.2 Å². The molecule has 1 amide bonds. The molecule has 1 aliphatic heterocycles. The molecule has 190 valence electrons. The fourth-order valence-corrected chi connectivity index (χ4v) is 3.29. The van der Waals surface area contributed by atoms with Crippen LogP contribution in [0.4, 0.5) is 16.0 Å². The molecule has 3 rings (SSSR count). The summed E-state index contributed by atoms with van der Waals surface area (Å²) in [5, 5.41) is 4.23. The number of amidine groups is 1. The highest BCUT2D eigenvalue weighted by atomic mass is 35.5. The maximum atomic E-state index is 13.3. The standard InChI is InChI=1S/C24H26Cl2FN7O2/c1-3-16(2)21-12-22(30-15-31-34(21)8-10-36-9-4-7-25)32-18-13-28-24(29-14-18)33-23(35)17-5-6-20(27)19(26)11-17/h5-6,8,10-11,13-15H,3-4,7,9,12H2,1-2H3,(H,30,31,32)(H,28,29,33,35)/b10-8+,21-16-. The molecule has 1 aromatic heterocycles. The maximum Gasteiger partial charge on any atom is 0.258 e. The molecular weight excluding hydrogens is 508 g/mol. The lowest BCUT2D eigenvalue weighted by Gasteiger charge is -2.22. The van der Waals surface area contributed by atoms with E-state index in [4.69, 9.17) is 27.9 Å². The molecule has 0 bridgehead atoms. The summed E-state index contributed by atoms with van der Waals surface area (Å²) in [4.78, 5) is 29.6. The van der Waals surface area contributed by atoms with Crippen molar-refractivity contribution in [1.29, 1.82) is 0 Å². The molecular formula is C24H26Cl2FN7O2. The van der Waals surface area contributed by atoms with E-state index in [1.807, 2.05) is 11.9 Å². The molecule has 2 heterocycles. The van der Waals surface area contributed by atoms with E-state index in [0.29, 0.717) is 30.4 Å². The Bertz CT molecular complexity index is 1180. The van der Waals surface area contributed by atoms with Gasteiger partial charge in [0, 0.05) is 17.1 Å². The monoisotopic (exact) mass is 533 g/mol. The molecule has 12 heteroatoms. The van der Waals surface area contributed by atoms with Crippen LogP contribution < -0.4 is 10.7 Å². The zero-order valence-electron chi connectivity index (χ0n) is 19.8. The predicted molar refractivity (Wildman–Crippen MR) is 140 cm³/mol. The lowest BCUT2D eigenvalue weighted by Crippen LogP contribution is -2.31. The summed E-state index contributed by atoms with van der Waals surface area (Å²) in [5.41, 5.74) is 5.89. The molecule has 1 aliphatic rings.